The first kappa shape index (κ1) is 13.6. The van der Waals surface area contributed by atoms with Crippen molar-refractivity contribution in [3.8, 4) is 5.75 Å². The highest BCUT2D eigenvalue weighted by Crippen LogP contribution is 2.16. The minimum absolute atomic E-state index is 0.313. The number of pyridine rings is 1. The summed E-state index contributed by atoms with van der Waals surface area (Å²) in [5.41, 5.74) is 2.44. The third kappa shape index (κ3) is 3.38. The molecule has 3 aromatic rings. The van der Waals surface area contributed by atoms with Gasteiger partial charge in [-0.1, -0.05) is 36.4 Å². The number of phenolic OH excluding ortho intramolecular Hbond substituents is 1. The number of aromatic nitrogens is 1. The fourth-order valence-corrected chi connectivity index (χ4v) is 2.44. The molecule has 0 aliphatic rings. The number of hydrogen-bond donors (Lipinski definition) is 2. The fraction of sp³-hybridized carbons (Fsp3) is 0.167. The molecule has 3 nitrogen and oxygen atoms in total. The first-order valence-electron chi connectivity index (χ1n) is 7.13. The van der Waals surface area contributed by atoms with E-state index in [0.29, 0.717) is 5.75 Å². The van der Waals surface area contributed by atoms with Gasteiger partial charge in [0.05, 0.1) is 0 Å². The van der Waals surface area contributed by atoms with Crippen LogP contribution in [0.15, 0.2) is 60.9 Å². The first-order valence-corrected chi connectivity index (χ1v) is 7.13. The lowest BCUT2D eigenvalue weighted by atomic mass is 10.1. The van der Waals surface area contributed by atoms with Crippen molar-refractivity contribution < 1.29 is 5.11 Å². The molecule has 0 radical (unpaired) electrons. The van der Waals surface area contributed by atoms with Crippen molar-refractivity contribution in [2.45, 2.75) is 13.0 Å². The Hall–Kier alpha value is -2.39. The van der Waals surface area contributed by atoms with Crippen LogP contribution in [0.1, 0.15) is 11.1 Å². The number of nitrogens with zero attached hydrogens (tertiary/aromatic N) is 1. The second-order valence-electron chi connectivity index (χ2n) is 5.11. The first-order chi connectivity index (χ1) is 10.3. The van der Waals surface area contributed by atoms with E-state index in [1.807, 2.05) is 30.6 Å². The summed E-state index contributed by atoms with van der Waals surface area (Å²) < 4.78 is 0. The molecule has 1 heterocycles. The summed E-state index contributed by atoms with van der Waals surface area (Å²) in [6.07, 6.45) is 4.77. The van der Waals surface area contributed by atoms with Gasteiger partial charge in [-0.25, -0.2) is 0 Å². The van der Waals surface area contributed by atoms with Gasteiger partial charge in [-0.15, -0.1) is 0 Å². The van der Waals surface area contributed by atoms with E-state index in [1.54, 1.807) is 12.1 Å². The average molecular weight is 278 g/mol. The normalized spacial score (nSPS) is 10.9. The van der Waals surface area contributed by atoms with E-state index >= 15 is 0 Å². The van der Waals surface area contributed by atoms with Crippen molar-refractivity contribution in [3.63, 3.8) is 0 Å². The van der Waals surface area contributed by atoms with Crippen molar-refractivity contribution in [3.05, 3.63) is 72.1 Å². The van der Waals surface area contributed by atoms with Crippen molar-refractivity contribution >= 4 is 10.8 Å². The highest BCUT2D eigenvalue weighted by molar-refractivity contribution is 5.84. The molecule has 0 saturated heterocycles. The van der Waals surface area contributed by atoms with Crippen LogP contribution >= 0.6 is 0 Å². The summed E-state index contributed by atoms with van der Waals surface area (Å²) in [5.74, 6) is 0.313. The van der Waals surface area contributed by atoms with Crippen molar-refractivity contribution in [2.75, 3.05) is 6.54 Å². The molecule has 0 aliphatic heterocycles. The molecule has 106 valence electrons. The highest BCUT2D eigenvalue weighted by atomic mass is 16.3. The van der Waals surface area contributed by atoms with Crippen LogP contribution in [0.25, 0.3) is 10.8 Å². The zero-order valence-corrected chi connectivity index (χ0v) is 11.8. The molecule has 3 heteroatoms. The van der Waals surface area contributed by atoms with Gasteiger partial charge in [0.15, 0.2) is 0 Å². The van der Waals surface area contributed by atoms with Crippen molar-refractivity contribution in [1.82, 2.24) is 10.3 Å². The summed E-state index contributed by atoms with van der Waals surface area (Å²) in [5, 5.41) is 15.1. The lowest BCUT2D eigenvalue weighted by molar-refractivity contribution is 0.475. The third-order valence-electron chi connectivity index (χ3n) is 3.59. The monoisotopic (exact) mass is 278 g/mol. The summed E-state index contributed by atoms with van der Waals surface area (Å²) >= 11 is 0. The Kier molecular flexibility index (Phi) is 4.12. The Bertz CT molecular complexity index is 717. The topological polar surface area (TPSA) is 45.1 Å². The van der Waals surface area contributed by atoms with E-state index in [9.17, 15) is 5.11 Å². The molecule has 0 fully saturated rings. The Morgan fingerprint density at radius 1 is 0.952 bits per heavy atom. The molecule has 0 bridgehead atoms. The zero-order chi connectivity index (χ0) is 14.5. The fourth-order valence-electron chi connectivity index (χ4n) is 2.44. The molecule has 3 rings (SSSR count). The van der Waals surface area contributed by atoms with Gasteiger partial charge in [-0.2, -0.15) is 0 Å². The minimum atomic E-state index is 0.313. The van der Waals surface area contributed by atoms with E-state index in [-0.39, 0.29) is 0 Å². The van der Waals surface area contributed by atoms with Crippen LogP contribution in [0.3, 0.4) is 0 Å². The predicted molar refractivity (Wildman–Crippen MR) is 85.3 cm³/mol. The third-order valence-corrected chi connectivity index (χ3v) is 3.59. The predicted octanol–water partition coefficient (Wildman–Crippen LogP) is 3.27. The molecule has 0 saturated carbocycles. The van der Waals surface area contributed by atoms with E-state index in [1.165, 1.54) is 21.9 Å². The largest absolute Gasteiger partial charge is 0.508 e. The maximum Gasteiger partial charge on any atom is 0.115 e. The molecule has 1 aromatic heterocycles. The molecular formula is C18H18N2O. The van der Waals surface area contributed by atoms with Crippen LogP contribution in [0, 0.1) is 0 Å². The molecule has 21 heavy (non-hydrogen) atoms. The van der Waals surface area contributed by atoms with Gasteiger partial charge in [0.2, 0.25) is 0 Å². The van der Waals surface area contributed by atoms with Gasteiger partial charge in [0, 0.05) is 24.3 Å². The quantitative estimate of drug-likeness (QED) is 0.704. The van der Waals surface area contributed by atoms with Crippen LogP contribution in [-0.4, -0.2) is 16.6 Å². The number of benzene rings is 2. The Labute approximate surface area is 124 Å². The van der Waals surface area contributed by atoms with Gasteiger partial charge < -0.3 is 10.4 Å². The smallest absolute Gasteiger partial charge is 0.115 e. The van der Waals surface area contributed by atoms with Gasteiger partial charge in [-0.05, 0) is 41.6 Å². The molecule has 0 spiro atoms. The maximum absolute atomic E-state index is 9.25. The van der Waals surface area contributed by atoms with Gasteiger partial charge in [-0.3, -0.25) is 4.98 Å². The molecule has 0 unspecified atom stereocenters. The van der Waals surface area contributed by atoms with Crippen molar-refractivity contribution in [2.24, 2.45) is 0 Å². The van der Waals surface area contributed by atoms with Crippen LogP contribution in [0.4, 0.5) is 0 Å². The van der Waals surface area contributed by atoms with Crippen LogP contribution in [0.2, 0.25) is 0 Å². The molecule has 0 aliphatic carbocycles. The number of fused-ring (bicyclic) bond motifs is 1. The van der Waals surface area contributed by atoms with Gasteiger partial charge in [0.25, 0.3) is 0 Å². The number of aromatic hydroxyl groups is 1. The lowest BCUT2D eigenvalue weighted by Crippen LogP contribution is -2.17. The van der Waals surface area contributed by atoms with E-state index in [2.05, 4.69) is 28.5 Å². The summed E-state index contributed by atoms with van der Waals surface area (Å²) in [6.45, 7) is 1.71. The molecule has 0 atom stereocenters. The average Bonchev–Trinajstić information content (AvgIpc) is 2.53. The highest BCUT2D eigenvalue weighted by Gasteiger charge is 2.00. The Morgan fingerprint density at radius 2 is 1.76 bits per heavy atom. The van der Waals surface area contributed by atoms with Crippen LogP contribution in [-0.2, 0) is 13.0 Å². The number of hydrogen-bond acceptors (Lipinski definition) is 3. The number of rotatable bonds is 5. The van der Waals surface area contributed by atoms with Gasteiger partial charge >= 0.3 is 0 Å². The van der Waals surface area contributed by atoms with E-state index in [4.69, 9.17) is 0 Å². The SMILES string of the molecule is Oc1ccc(CCNCc2cncc3ccccc23)cc1. The number of nitrogens with one attached hydrogen (secondary N) is 1. The summed E-state index contributed by atoms with van der Waals surface area (Å²) in [7, 11) is 0. The number of phenols is 1. The van der Waals surface area contributed by atoms with Gasteiger partial charge in [0.1, 0.15) is 5.75 Å². The molecule has 2 aromatic carbocycles. The maximum atomic E-state index is 9.25. The Morgan fingerprint density at radius 3 is 2.62 bits per heavy atom. The summed E-state index contributed by atoms with van der Waals surface area (Å²) in [6, 6.07) is 15.7. The zero-order valence-electron chi connectivity index (χ0n) is 11.8. The Balaban J connectivity index is 1.58. The standard InChI is InChI=1S/C18H18N2O/c21-17-7-5-14(6-8-17)9-10-19-12-16-13-20-11-15-3-1-2-4-18(15)16/h1-8,11,13,19,21H,9-10,12H2. The minimum Gasteiger partial charge on any atom is -0.508 e. The van der Waals surface area contributed by atoms with Crippen LogP contribution in [0.5, 0.6) is 5.75 Å². The second-order valence-corrected chi connectivity index (χ2v) is 5.11. The van der Waals surface area contributed by atoms with E-state index in [0.717, 1.165) is 19.5 Å². The molecular weight excluding hydrogens is 260 g/mol. The van der Waals surface area contributed by atoms with Crippen LogP contribution < -0.4 is 5.32 Å². The summed E-state index contributed by atoms with van der Waals surface area (Å²) in [4.78, 5) is 4.29. The second kappa shape index (κ2) is 6.37. The van der Waals surface area contributed by atoms with E-state index < -0.39 is 0 Å². The molecule has 0 amide bonds. The van der Waals surface area contributed by atoms with Crippen molar-refractivity contribution in [1.29, 1.82) is 0 Å². The lowest BCUT2D eigenvalue weighted by Gasteiger charge is -2.08. The molecule has 2 N–H and O–H groups in total.